The molecule has 0 atom stereocenters. The lowest BCUT2D eigenvalue weighted by Crippen LogP contribution is -2.16. The summed E-state index contributed by atoms with van der Waals surface area (Å²) in [6, 6.07) is 8.91. The number of rotatable bonds is 6. The van der Waals surface area contributed by atoms with Crippen LogP contribution in [0.4, 0.5) is 0 Å². The van der Waals surface area contributed by atoms with E-state index < -0.39 is 0 Å². The largest absolute Gasteiger partial charge is 0.497 e. The van der Waals surface area contributed by atoms with Crippen molar-refractivity contribution in [3.8, 4) is 28.2 Å². The zero-order valence-corrected chi connectivity index (χ0v) is 14.9. The predicted molar refractivity (Wildman–Crippen MR) is 93.8 cm³/mol. The van der Waals surface area contributed by atoms with E-state index in [0.717, 1.165) is 4.88 Å². The van der Waals surface area contributed by atoms with Gasteiger partial charge in [-0.05, 0) is 30.5 Å². The van der Waals surface area contributed by atoms with Crippen molar-refractivity contribution in [2.45, 2.75) is 6.92 Å². The molecule has 0 N–H and O–H groups in total. The average Bonchev–Trinajstić information content (AvgIpc) is 3.30. The van der Waals surface area contributed by atoms with Gasteiger partial charge in [0, 0.05) is 6.07 Å². The number of benzene rings is 1. The summed E-state index contributed by atoms with van der Waals surface area (Å²) >= 11 is 1.47. The van der Waals surface area contributed by atoms with Crippen LogP contribution < -0.4 is 14.2 Å². The van der Waals surface area contributed by atoms with Crippen LogP contribution in [0.1, 0.15) is 17.3 Å². The van der Waals surface area contributed by atoms with Crippen molar-refractivity contribution in [3.63, 3.8) is 0 Å². The highest BCUT2D eigenvalue weighted by Gasteiger charge is 2.23. The lowest BCUT2D eigenvalue weighted by molar-refractivity contribution is 0.0942. The van der Waals surface area contributed by atoms with E-state index in [9.17, 15) is 4.79 Å². The van der Waals surface area contributed by atoms with Crippen LogP contribution in [0.25, 0.3) is 10.7 Å². The van der Waals surface area contributed by atoms with Crippen molar-refractivity contribution >= 4 is 17.2 Å². The first-order valence-corrected chi connectivity index (χ1v) is 8.46. The molecule has 0 saturated heterocycles. The molecule has 0 radical (unpaired) electrons. The topological polar surface area (TPSA) is 75.5 Å². The second-order valence-corrected chi connectivity index (χ2v) is 5.86. The molecule has 0 unspecified atom stereocenters. The number of carbonyl (C=O) groups is 1. The minimum absolute atomic E-state index is 0.159. The van der Waals surface area contributed by atoms with E-state index >= 15 is 0 Å². The fourth-order valence-electron chi connectivity index (χ4n) is 2.28. The number of methoxy groups -OCH3 is 2. The molecule has 0 spiro atoms. The summed E-state index contributed by atoms with van der Waals surface area (Å²) in [4.78, 5) is 18.2. The van der Waals surface area contributed by atoms with Crippen molar-refractivity contribution in [1.82, 2.24) is 14.8 Å². The molecule has 0 bridgehead atoms. The third-order valence-corrected chi connectivity index (χ3v) is 4.30. The Balaban J connectivity index is 2.08. The molecular weight excluding hydrogens is 342 g/mol. The number of hydrogen-bond donors (Lipinski definition) is 0. The normalized spacial score (nSPS) is 10.5. The van der Waals surface area contributed by atoms with Gasteiger partial charge in [0.1, 0.15) is 11.5 Å². The van der Waals surface area contributed by atoms with Gasteiger partial charge in [-0.15, -0.1) is 16.4 Å². The van der Waals surface area contributed by atoms with Crippen LogP contribution in [-0.2, 0) is 0 Å². The lowest BCUT2D eigenvalue weighted by atomic mass is 10.1. The van der Waals surface area contributed by atoms with E-state index in [1.807, 2.05) is 24.4 Å². The third-order valence-electron chi connectivity index (χ3n) is 3.43. The molecule has 130 valence electrons. The Kier molecular flexibility index (Phi) is 4.99. The summed E-state index contributed by atoms with van der Waals surface area (Å²) in [5, 5.41) is 6.11. The molecular formula is C17H17N3O4S. The number of ether oxygens (including phenoxy) is 3. The molecule has 8 heteroatoms. The minimum Gasteiger partial charge on any atom is -0.497 e. The van der Waals surface area contributed by atoms with Crippen molar-refractivity contribution in [3.05, 3.63) is 41.3 Å². The number of hydrogen-bond acceptors (Lipinski definition) is 7. The molecule has 0 saturated carbocycles. The summed E-state index contributed by atoms with van der Waals surface area (Å²) in [5.41, 5.74) is 0.356. The van der Waals surface area contributed by atoms with Gasteiger partial charge in [-0.3, -0.25) is 4.79 Å². The minimum atomic E-state index is -0.360. The first-order chi connectivity index (χ1) is 12.2. The summed E-state index contributed by atoms with van der Waals surface area (Å²) < 4.78 is 17.1. The quantitative estimate of drug-likeness (QED) is 0.673. The van der Waals surface area contributed by atoms with Crippen LogP contribution in [0.15, 0.2) is 35.7 Å². The Morgan fingerprint density at radius 2 is 2.08 bits per heavy atom. The Morgan fingerprint density at radius 1 is 1.24 bits per heavy atom. The molecule has 2 heterocycles. The molecule has 25 heavy (non-hydrogen) atoms. The Bertz CT molecular complexity index is 874. The van der Waals surface area contributed by atoms with Crippen LogP contribution >= 0.6 is 11.3 Å². The van der Waals surface area contributed by atoms with Gasteiger partial charge < -0.3 is 14.2 Å². The summed E-state index contributed by atoms with van der Waals surface area (Å²) in [6.07, 6.45) is 0. The van der Waals surface area contributed by atoms with Crippen molar-refractivity contribution in [1.29, 1.82) is 0 Å². The fraction of sp³-hybridized carbons (Fsp3) is 0.235. The molecule has 0 aliphatic heterocycles. The maximum Gasteiger partial charge on any atom is 0.336 e. The third kappa shape index (κ3) is 3.34. The molecule has 0 fully saturated rings. The molecule has 0 amide bonds. The van der Waals surface area contributed by atoms with Crippen LogP contribution in [0.5, 0.6) is 17.5 Å². The van der Waals surface area contributed by atoms with E-state index in [0.29, 0.717) is 29.5 Å². The Labute approximate surface area is 148 Å². The van der Waals surface area contributed by atoms with Gasteiger partial charge >= 0.3 is 6.01 Å². The van der Waals surface area contributed by atoms with Crippen molar-refractivity contribution in [2.24, 2.45) is 0 Å². The number of thiophene rings is 1. The highest BCUT2D eigenvalue weighted by Crippen LogP contribution is 2.29. The molecule has 2 aromatic heterocycles. The first kappa shape index (κ1) is 17.0. The van der Waals surface area contributed by atoms with Gasteiger partial charge in [0.05, 0.1) is 31.3 Å². The fourth-order valence-corrected chi connectivity index (χ4v) is 2.98. The highest BCUT2D eigenvalue weighted by molar-refractivity contribution is 7.13. The van der Waals surface area contributed by atoms with Crippen LogP contribution in [0.2, 0.25) is 0 Å². The first-order valence-electron chi connectivity index (χ1n) is 7.58. The molecule has 0 aliphatic rings. The van der Waals surface area contributed by atoms with E-state index in [1.54, 1.807) is 25.3 Å². The molecule has 0 aliphatic carbocycles. The average molecular weight is 359 g/mol. The summed E-state index contributed by atoms with van der Waals surface area (Å²) in [6.45, 7) is 2.24. The number of nitrogens with zero attached hydrogens (tertiary/aromatic N) is 3. The van der Waals surface area contributed by atoms with Crippen LogP contribution in [0.3, 0.4) is 0 Å². The van der Waals surface area contributed by atoms with E-state index in [1.165, 1.54) is 23.1 Å². The molecule has 3 aromatic rings. The van der Waals surface area contributed by atoms with E-state index in [-0.39, 0.29) is 11.9 Å². The maximum absolute atomic E-state index is 13.0. The maximum atomic E-state index is 13.0. The second kappa shape index (κ2) is 7.35. The van der Waals surface area contributed by atoms with Crippen LogP contribution in [0, 0.1) is 0 Å². The van der Waals surface area contributed by atoms with E-state index in [4.69, 9.17) is 14.2 Å². The van der Waals surface area contributed by atoms with Crippen molar-refractivity contribution in [2.75, 3.05) is 20.8 Å². The van der Waals surface area contributed by atoms with Gasteiger partial charge in [0.15, 0.2) is 5.82 Å². The monoisotopic (exact) mass is 359 g/mol. The highest BCUT2D eigenvalue weighted by atomic mass is 32.1. The number of carbonyl (C=O) groups excluding carboxylic acids is 1. The Hall–Kier alpha value is -2.87. The van der Waals surface area contributed by atoms with Gasteiger partial charge in [-0.2, -0.15) is 9.67 Å². The zero-order chi connectivity index (χ0) is 17.8. The van der Waals surface area contributed by atoms with Gasteiger partial charge in [-0.1, -0.05) is 6.07 Å². The van der Waals surface area contributed by atoms with Gasteiger partial charge in [-0.25, -0.2) is 0 Å². The summed E-state index contributed by atoms with van der Waals surface area (Å²) in [7, 11) is 3.05. The smallest absolute Gasteiger partial charge is 0.336 e. The van der Waals surface area contributed by atoms with Gasteiger partial charge in [0.25, 0.3) is 5.91 Å². The standard InChI is InChI=1S/C17H17N3O4S/c1-4-24-17-18-15(14-6-5-9-25-14)20(19-17)16(21)12-8-7-11(22-2)10-13(12)23-3/h5-10H,4H2,1-3H3. The lowest BCUT2D eigenvalue weighted by Gasteiger charge is -2.10. The zero-order valence-electron chi connectivity index (χ0n) is 14.1. The molecule has 1 aromatic carbocycles. The molecule has 7 nitrogen and oxygen atoms in total. The second-order valence-electron chi connectivity index (χ2n) is 4.91. The SMILES string of the molecule is CCOc1nc(-c2cccs2)n(C(=O)c2ccc(OC)cc2OC)n1. The van der Waals surface area contributed by atoms with Crippen LogP contribution in [-0.4, -0.2) is 41.5 Å². The number of aromatic nitrogens is 3. The van der Waals surface area contributed by atoms with E-state index in [2.05, 4.69) is 10.1 Å². The Morgan fingerprint density at radius 3 is 2.72 bits per heavy atom. The van der Waals surface area contributed by atoms with Crippen molar-refractivity contribution < 1.29 is 19.0 Å². The van der Waals surface area contributed by atoms with Gasteiger partial charge in [0.2, 0.25) is 0 Å². The summed E-state index contributed by atoms with van der Waals surface area (Å²) in [5.74, 6) is 1.07. The molecule has 3 rings (SSSR count). The predicted octanol–water partition coefficient (Wildman–Crippen LogP) is 3.11.